The van der Waals surface area contributed by atoms with Gasteiger partial charge in [-0.15, -0.1) is 0 Å². The summed E-state index contributed by atoms with van der Waals surface area (Å²) in [7, 11) is 0. The summed E-state index contributed by atoms with van der Waals surface area (Å²) in [6, 6.07) is 10.8. The minimum Gasteiger partial charge on any atom is -0.493 e. The first-order valence-corrected chi connectivity index (χ1v) is 9.38. The van der Waals surface area contributed by atoms with Crippen LogP contribution >= 0.6 is 0 Å². The van der Waals surface area contributed by atoms with Crippen molar-refractivity contribution in [2.45, 2.75) is 19.8 Å². The van der Waals surface area contributed by atoms with Crippen LogP contribution in [0.15, 0.2) is 48.8 Å². The van der Waals surface area contributed by atoms with Crippen LogP contribution in [-0.2, 0) is 0 Å². The summed E-state index contributed by atoms with van der Waals surface area (Å²) in [5, 5.41) is 3.01. The zero-order valence-corrected chi connectivity index (χ0v) is 15.6. The molecule has 1 aromatic carbocycles. The van der Waals surface area contributed by atoms with Gasteiger partial charge < -0.3 is 15.0 Å². The number of hydrogen-bond donors (Lipinski definition) is 1. The van der Waals surface area contributed by atoms with Gasteiger partial charge in [0.25, 0.3) is 11.8 Å². The second kappa shape index (κ2) is 9.16. The summed E-state index contributed by atoms with van der Waals surface area (Å²) in [4.78, 5) is 30.8. The predicted molar refractivity (Wildman–Crippen MR) is 103 cm³/mol. The molecule has 1 aliphatic rings. The highest BCUT2D eigenvalue weighted by Crippen LogP contribution is 2.20. The van der Waals surface area contributed by atoms with Crippen molar-refractivity contribution in [1.82, 2.24) is 15.2 Å². The van der Waals surface area contributed by atoms with E-state index in [0.29, 0.717) is 49.0 Å². The van der Waals surface area contributed by atoms with Crippen molar-refractivity contribution in [3.05, 3.63) is 59.9 Å². The molecular weight excluding hydrogens is 342 g/mol. The number of nitrogens with one attached hydrogen (secondary N) is 1. The summed E-state index contributed by atoms with van der Waals surface area (Å²) in [5.74, 6) is 0.879. The number of rotatable bonds is 6. The van der Waals surface area contributed by atoms with Gasteiger partial charge in [-0.2, -0.15) is 0 Å². The quantitative estimate of drug-likeness (QED) is 0.852. The molecule has 3 rings (SSSR count). The van der Waals surface area contributed by atoms with Gasteiger partial charge >= 0.3 is 0 Å². The van der Waals surface area contributed by atoms with Crippen LogP contribution in [0.3, 0.4) is 0 Å². The van der Waals surface area contributed by atoms with Gasteiger partial charge in [-0.05, 0) is 49.9 Å². The number of piperidine rings is 1. The number of ether oxygens (including phenoxy) is 1. The van der Waals surface area contributed by atoms with Crippen molar-refractivity contribution >= 4 is 11.8 Å². The third kappa shape index (κ3) is 4.84. The van der Waals surface area contributed by atoms with Gasteiger partial charge in [0.1, 0.15) is 5.75 Å². The molecule has 6 nitrogen and oxygen atoms in total. The smallest absolute Gasteiger partial charge is 0.255 e. The van der Waals surface area contributed by atoms with E-state index in [0.717, 1.165) is 12.8 Å². The minimum atomic E-state index is -0.118. The number of para-hydroxylation sites is 1. The first kappa shape index (κ1) is 18.9. The van der Waals surface area contributed by atoms with E-state index in [4.69, 9.17) is 4.74 Å². The molecule has 1 aliphatic heterocycles. The molecular formula is C21H25N3O3. The molecule has 1 fully saturated rings. The molecule has 0 bridgehead atoms. The third-order valence-corrected chi connectivity index (χ3v) is 4.79. The Labute approximate surface area is 159 Å². The topological polar surface area (TPSA) is 71.5 Å². The summed E-state index contributed by atoms with van der Waals surface area (Å²) in [5.41, 5.74) is 1.18. The fourth-order valence-electron chi connectivity index (χ4n) is 3.28. The van der Waals surface area contributed by atoms with Crippen molar-refractivity contribution in [2.24, 2.45) is 5.92 Å². The number of hydrogen-bond acceptors (Lipinski definition) is 4. The number of carbonyl (C=O) groups excluding carboxylic acids is 2. The van der Waals surface area contributed by atoms with E-state index in [1.807, 2.05) is 24.0 Å². The number of benzene rings is 1. The molecule has 27 heavy (non-hydrogen) atoms. The van der Waals surface area contributed by atoms with Crippen LogP contribution < -0.4 is 10.1 Å². The van der Waals surface area contributed by atoms with Crippen LogP contribution in [0.5, 0.6) is 5.75 Å². The molecule has 0 radical (unpaired) electrons. The molecule has 2 heterocycles. The molecule has 0 saturated carbocycles. The van der Waals surface area contributed by atoms with Crippen LogP contribution in [0.25, 0.3) is 0 Å². The number of aromatic nitrogens is 1. The van der Waals surface area contributed by atoms with E-state index in [-0.39, 0.29) is 11.8 Å². The van der Waals surface area contributed by atoms with Crippen LogP contribution in [-0.4, -0.2) is 47.9 Å². The standard InChI is InChI=1S/C21H25N3O3/c1-2-27-19-8-4-3-7-18(19)20(25)23-14-16-9-12-24(13-10-16)21(26)17-6-5-11-22-15-17/h3-8,11,15-16H,2,9-10,12-14H2,1H3,(H,23,25). The lowest BCUT2D eigenvalue weighted by molar-refractivity contribution is 0.0683. The highest BCUT2D eigenvalue weighted by molar-refractivity contribution is 5.97. The molecule has 0 spiro atoms. The van der Waals surface area contributed by atoms with Gasteiger partial charge in [-0.1, -0.05) is 12.1 Å². The van der Waals surface area contributed by atoms with Crippen molar-refractivity contribution in [3.63, 3.8) is 0 Å². The molecule has 0 unspecified atom stereocenters. The van der Waals surface area contributed by atoms with Gasteiger partial charge in [-0.25, -0.2) is 0 Å². The minimum absolute atomic E-state index is 0.0243. The van der Waals surface area contributed by atoms with Crippen LogP contribution in [0.2, 0.25) is 0 Å². The van der Waals surface area contributed by atoms with E-state index in [1.54, 1.807) is 36.7 Å². The molecule has 1 aromatic heterocycles. The molecule has 6 heteroatoms. The predicted octanol–water partition coefficient (Wildman–Crippen LogP) is 2.76. The lowest BCUT2D eigenvalue weighted by Crippen LogP contribution is -2.41. The normalized spacial score (nSPS) is 14.6. The number of nitrogens with zero attached hydrogens (tertiary/aromatic N) is 2. The fraction of sp³-hybridized carbons (Fsp3) is 0.381. The molecule has 0 aliphatic carbocycles. The van der Waals surface area contributed by atoms with Gasteiger partial charge in [0.15, 0.2) is 0 Å². The van der Waals surface area contributed by atoms with E-state index in [9.17, 15) is 9.59 Å². The van der Waals surface area contributed by atoms with Gasteiger partial charge in [0, 0.05) is 32.0 Å². The Hall–Kier alpha value is -2.89. The van der Waals surface area contributed by atoms with Crippen LogP contribution in [0, 0.1) is 5.92 Å². The highest BCUT2D eigenvalue weighted by atomic mass is 16.5. The molecule has 1 saturated heterocycles. The highest BCUT2D eigenvalue weighted by Gasteiger charge is 2.24. The van der Waals surface area contributed by atoms with E-state index < -0.39 is 0 Å². The number of amides is 2. The molecule has 2 aromatic rings. The fourth-order valence-corrected chi connectivity index (χ4v) is 3.28. The monoisotopic (exact) mass is 367 g/mol. The SMILES string of the molecule is CCOc1ccccc1C(=O)NCC1CCN(C(=O)c2cccnc2)CC1. The largest absolute Gasteiger partial charge is 0.493 e. The maximum absolute atomic E-state index is 12.5. The number of pyridine rings is 1. The second-order valence-electron chi connectivity index (χ2n) is 6.62. The van der Waals surface area contributed by atoms with Crippen LogP contribution in [0.4, 0.5) is 0 Å². The zero-order valence-electron chi connectivity index (χ0n) is 15.6. The number of carbonyl (C=O) groups is 2. The summed E-state index contributed by atoms with van der Waals surface area (Å²) < 4.78 is 5.52. The van der Waals surface area contributed by atoms with E-state index in [2.05, 4.69) is 10.3 Å². The summed E-state index contributed by atoms with van der Waals surface area (Å²) in [6.07, 6.45) is 5.01. The lowest BCUT2D eigenvalue weighted by Gasteiger charge is -2.32. The third-order valence-electron chi connectivity index (χ3n) is 4.79. The summed E-state index contributed by atoms with van der Waals surface area (Å²) >= 11 is 0. The Morgan fingerprint density at radius 1 is 1.19 bits per heavy atom. The van der Waals surface area contributed by atoms with Crippen molar-refractivity contribution in [1.29, 1.82) is 0 Å². The Kier molecular flexibility index (Phi) is 6.41. The first-order valence-electron chi connectivity index (χ1n) is 9.38. The molecule has 2 amide bonds. The second-order valence-corrected chi connectivity index (χ2v) is 6.62. The zero-order chi connectivity index (χ0) is 19.1. The van der Waals surface area contributed by atoms with Crippen molar-refractivity contribution in [3.8, 4) is 5.75 Å². The average molecular weight is 367 g/mol. The first-order chi connectivity index (χ1) is 13.2. The maximum atomic E-state index is 12.5. The summed E-state index contributed by atoms with van der Waals surface area (Å²) in [6.45, 7) is 4.42. The lowest BCUT2D eigenvalue weighted by atomic mass is 9.96. The Morgan fingerprint density at radius 3 is 2.67 bits per heavy atom. The van der Waals surface area contributed by atoms with Crippen LogP contribution in [0.1, 0.15) is 40.5 Å². The molecule has 1 N–H and O–H groups in total. The molecule has 142 valence electrons. The number of likely N-dealkylation sites (tertiary alicyclic amines) is 1. The Bertz CT molecular complexity index is 771. The Morgan fingerprint density at radius 2 is 1.96 bits per heavy atom. The van der Waals surface area contributed by atoms with E-state index in [1.165, 1.54) is 0 Å². The molecule has 0 atom stereocenters. The van der Waals surface area contributed by atoms with E-state index >= 15 is 0 Å². The van der Waals surface area contributed by atoms with Gasteiger partial charge in [-0.3, -0.25) is 14.6 Å². The average Bonchev–Trinajstić information content (AvgIpc) is 2.73. The maximum Gasteiger partial charge on any atom is 0.255 e. The van der Waals surface area contributed by atoms with Crippen molar-refractivity contribution in [2.75, 3.05) is 26.2 Å². The Balaban J connectivity index is 1.48. The van der Waals surface area contributed by atoms with Crippen molar-refractivity contribution < 1.29 is 14.3 Å². The van der Waals surface area contributed by atoms with Gasteiger partial charge in [0.05, 0.1) is 17.7 Å². The van der Waals surface area contributed by atoms with Gasteiger partial charge in [0.2, 0.25) is 0 Å².